The highest BCUT2D eigenvalue weighted by Gasteiger charge is 2.19. The van der Waals surface area contributed by atoms with Crippen LogP contribution < -0.4 is 0 Å². The topological polar surface area (TPSA) is 66.0 Å². The fourth-order valence-corrected chi connectivity index (χ4v) is 0.632. The molecule has 0 radical (unpaired) electrons. The molecule has 2 N–H and O–H groups in total. The molecule has 1 rings (SSSR count). The second-order valence-electron chi connectivity index (χ2n) is 1.81. The summed E-state index contributed by atoms with van der Waals surface area (Å²) in [6.45, 7) is 0. The third-order valence-corrected chi connectivity index (χ3v) is 1.12. The Morgan fingerprint density at radius 2 is 2.25 bits per heavy atom. The van der Waals surface area contributed by atoms with Gasteiger partial charge in [0.2, 0.25) is 0 Å². The molecule has 0 saturated carbocycles. The Hall–Kier alpha value is -1.17. The highest BCUT2D eigenvalue weighted by atomic mass is 35.5. The zero-order valence-electron chi connectivity index (χ0n) is 5.62. The SMILES string of the molecule is Cl.O=C(O)c1[nH]ncc1C(F)F. The number of hydrogen-bond donors (Lipinski definition) is 2. The van der Waals surface area contributed by atoms with Crippen LogP contribution in [-0.4, -0.2) is 21.3 Å². The summed E-state index contributed by atoms with van der Waals surface area (Å²) in [5.74, 6) is -1.43. The number of alkyl halides is 2. The molecule has 7 heteroatoms. The molecule has 4 nitrogen and oxygen atoms in total. The number of aromatic nitrogens is 2. The van der Waals surface area contributed by atoms with E-state index < -0.39 is 23.7 Å². The van der Waals surface area contributed by atoms with Crippen LogP contribution in [0.2, 0.25) is 0 Å². The summed E-state index contributed by atoms with van der Waals surface area (Å²) in [4.78, 5) is 10.2. The second kappa shape index (κ2) is 4.01. The van der Waals surface area contributed by atoms with Gasteiger partial charge in [-0.15, -0.1) is 12.4 Å². The molecule has 0 aromatic carbocycles. The number of carboxylic acids is 1. The molecule has 0 fully saturated rings. The van der Waals surface area contributed by atoms with E-state index in [0.717, 1.165) is 6.20 Å². The van der Waals surface area contributed by atoms with Crippen LogP contribution >= 0.6 is 12.4 Å². The van der Waals surface area contributed by atoms with E-state index in [-0.39, 0.29) is 12.4 Å². The van der Waals surface area contributed by atoms with Gasteiger partial charge in [-0.2, -0.15) is 5.10 Å². The number of hydrogen-bond acceptors (Lipinski definition) is 2. The van der Waals surface area contributed by atoms with Gasteiger partial charge < -0.3 is 5.11 Å². The lowest BCUT2D eigenvalue weighted by Crippen LogP contribution is -2.01. The number of rotatable bonds is 2. The van der Waals surface area contributed by atoms with Crippen molar-refractivity contribution in [1.29, 1.82) is 0 Å². The van der Waals surface area contributed by atoms with E-state index in [0.29, 0.717) is 0 Å². The van der Waals surface area contributed by atoms with Gasteiger partial charge in [-0.25, -0.2) is 13.6 Å². The molecule has 0 amide bonds. The van der Waals surface area contributed by atoms with Crippen LogP contribution in [0.1, 0.15) is 22.5 Å². The Morgan fingerprint density at radius 1 is 1.67 bits per heavy atom. The molecular formula is C5H5ClF2N2O2. The molecule has 0 aliphatic heterocycles. The van der Waals surface area contributed by atoms with Gasteiger partial charge in [0, 0.05) is 0 Å². The molecule has 0 aliphatic carbocycles. The largest absolute Gasteiger partial charge is 0.477 e. The average Bonchev–Trinajstić information content (AvgIpc) is 2.32. The quantitative estimate of drug-likeness (QED) is 0.756. The van der Waals surface area contributed by atoms with Gasteiger partial charge in [-0.05, 0) is 0 Å². The Bertz CT molecular complexity index is 276. The maximum atomic E-state index is 11.9. The summed E-state index contributed by atoms with van der Waals surface area (Å²) < 4.78 is 23.8. The zero-order valence-corrected chi connectivity index (χ0v) is 6.44. The van der Waals surface area contributed by atoms with E-state index >= 15 is 0 Å². The molecule has 0 spiro atoms. The average molecular weight is 199 g/mol. The number of halogens is 3. The number of nitrogens with one attached hydrogen (secondary N) is 1. The van der Waals surface area contributed by atoms with Gasteiger partial charge in [0.25, 0.3) is 6.43 Å². The van der Waals surface area contributed by atoms with Gasteiger partial charge in [-0.1, -0.05) is 0 Å². The van der Waals surface area contributed by atoms with Crippen molar-refractivity contribution in [2.24, 2.45) is 0 Å². The highest BCUT2D eigenvalue weighted by Crippen LogP contribution is 2.20. The van der Waals surface area contributed by atoms with Crippen LogP contribution in [0.5, 0.6) is 0 Å². The highest BCUT2D eigenvalue weighted by molar-refractivity contribution is 5.87. The third-order valence-electron chi connectivity index (χ3n) is 1.12. The Balaban J connectivity index is 0.00000121. The lowest BCUT2D eigenvalue weighted by Gasteiger charge is -1.94. The van der Waals surface area contributed by atoms with E-state index in [9.17, 15) is 13.6 Å². The van der Waals surface area contributed by atoms with E-state index in [4.69, 9.17) is 5.11 Å². The zero-order chi connectivity index (χ0) is 8.43. The molecule has 0 atom stereocenters. The van der Waals surface area contributed by atoms with Crippen molar-refractivity contribution in [2.45, 2.75) is 6.43 Å². The predicted molar refractivity (Wildman–Crippen MR) is 37.8 cm³/mol. The Kier molecular flexibility index (Phi) is 3.62. The fraction of sp³-hybridized carbons (Fsp3) is 0.200. The van der Waals surface area contributed by atoms with Crippen LogP contribution in [0.3, 0.4) is 0 Å². The second-order valence-corrected chi connectivity index (χ2v) is 1.81. The van der Waals surface area contributed by atoms with E-state index in [2.05, 4.69) is 5.10 Å². The molecule has 12 heavy (non-hydrogen) atoms. The monoisotopic (exact) mass is 198 g/mol. The summed E-state index contributed by atoms with van der Waals surface area (Å²) in [5.41, 5.74) is -1.14. The first-order valence-corrected chi connectivity index (χ1v) is 2.67. The summed E-state index contributed by atoms with van der Waals surface area (Å²) in [5, 5.41) is 13.4. The van der Waals surface area contributed by atoms with Crippen molar-refractivity contribution >= 4 is 18.4 Å². The Labute approximate surface area is 72.0 Å². The summed E-state index contributed by atoms with van der Waals surface area (Å²) in [6.07, 6.45) is -2.01. The maximum Gasteiger partial charge on any atom is 0.354 e. The molecular weight excluding hydrogens is 194 g/mol. The van der Waals surface area contributed by atoms with Gasteiger partial charge in [-0.3, -0.25) is 5.10 Å². The molecule has 1 aromatic heterocycles. The van der Waals surface area contributed by atoms with Crippen LogP contribution in [0.4, 0.5) is 8.78 Å². The minimum absolute atomic E-state index is 0. The van der Waals surface area contributed by atoms with E-state index in [1.54, 1.807) is 0 Å². The molecule has 1 heterocycles. The summed E-state index contributed by atoms with van der Waals surface area (Å²) in [7, 11) is 0. The molecule has 1 aromatic rings. The molecule has 0 aliphatic rings. The molecule has 68 valence electrons. The van der Waals surface area contributed by atoms with Crippen LogP contribution in [0.25, 0.3) is 0 Å². The fourth-order valence-electron chi connectivity index (χ4n) is 0.632. The van der Waals surface area contributed by atoms with Gasteiger partial charge in [0.05, 0.1) is 11.8 Å². The normalized spacial score (nSPS) is 9.58. The number of nitrogens with zero attached hydrogens (tertiary/aromatic N) is 1. The van der Waals surface area contributed by atoms with Crippen molar-refractivity contribution < 1.29 is 18.7 Å². The van der Waals surface area contributed by atoms with Gasteiger partial charge in [0.1, 0.15) is 0 Å². The first kappa shape index (κ1) is 10.8. The smallest absolute Gasteiger partial charge is 0.354 e. The van der Waals surface area contributed by atoms with Crippen molar-refractivity contribution in [1.82, 2.24) is 10.2 Å². The summed E-state index contributed by atoms with van der Waals surface area (Å²) in [6, 6.07) is 0. The van der Waals surface area contributed by atoms with Gasteiger partial charge >= 0.3 is 5.97 Å². The van der Waals surface area contributed by atoms with Crippen LogP contribution in [-0.2, 0) is 0 Å². The minimum Gasteiger partial charge on any atom is -0.477 e. The maximum absolute atomic E-state index is 11.9. The van der Waals surface area contributed by atoms with E-state index in [1.807, 2.05) is 5.10 Å². The number of carboxylic acid groups (broad SMARTS) is 1. The number of carbonyl (C=O) groups is 1. The van der Waals surface area contributed by atoms with Crippen molar-refractivity contribution in [3.8, 4) is 0 Å². The lowest BCUT2D eigenvalue weighted by atomic mass is 10.2. The van der Waals surface area contributed by atoms with Gasteiger partial charge in [0.15, 0.2) is 5.69 Å². The summed E-state index contributed by atoms with van der Waals surface area (Å²) >= 11 is 0. The number of aromatic carboxylic acids is 1. The first-order chi connectivity index (χ1) is 5.13. The predicted octanol–water partition coefficient (Wildman–Crippen LogP) is 1.47. The third kappa shape index (κ3) is 1.91. The molecule has 0 unspecified atom stereocenters. The number of H-pyrrole nitrogens is 1. The minimum atomic E-state index is -2.81. The molecule has 0 bridgehead atoms. The van der Waals surface area contributed by atoms with Crippen molar-refractivity contribution in [3.05, 3.63) is 17.5 Å². The lowest BCUT2D eigenvalue weighted by molar-refractivity contribution is 0.0678. The first-order valence-electron chi connectivity index (χ1n) is 2.67. The Morgan fingerprint density at radius 3 is 2.58 bits per heavy atom. The molecule has 0 saturated heterocycles. The van der Waals surface area contributed by atoms with Crippen molar-refractivity contribution in [3.63, 3.8) is 0 Å². The van der Waals surface area contributed by atoms with Crippen LogP contribution in [0.15, 0.2) is 6.20 Å². The van der Waals surface area contributed by atoms with Crippen molar-refractivity contribution in [2.75, 3.05) is 0 Å². The van der Waals surface area contributed by atoms with Crippen LogP contribution in [0, 0.1) is 0 Å². The number of aromatic amines is 1. The van der Waals surface area contributed by atoms with E-state index in [1.165, 1.54) is 0 Å². The standard InChI is InChI=1S/C5H4F2N2O2.ClH/c6-4(7)2-1-8-9-3(2)5(10)11;/h1,4H,(H,8,9)(H,10,11);1H.